The van der Waals surface area contributed by atoms with Crippen LogP contribution in [0.25, 0.3) is 11.2 Å². The first-order valence-corrected chi connectivity index (χ1v) is 8.55. The lowest BCUT2D eigenvalue weighted by Gasteiger charge is -2.21. The van der Waals surface area contributed by atoms with Crippen molar-refractivity contribution in [2.45, 2.75) is 19.2 Å². The number of anilines is 1. The quantitative estimate of drug-likeness (QED) is 0.599. The average Bonchev–Trinajstić information content (AvgIpc) is 3.04. The molecule has 9 nitrogen and oxygen atoms in total. The highest BCUT2D eigenvalue weighted by molar-refractivity contribution is 5.74. The van der Waals surface area contributed by atoms with E-state index in [1.54, 1.807) is 11.6 Å². The Morgan fingerprint density at radius 1 is 1.15 bits per heavy atom. The highest BCUT2D eigenvalue weighted by atomic mass is 16.3. The standard InChI is InChI=1S/C18H23N5O4/c1-20(9-12-7-5-4-6-8-12)17-19-15-14(23(17)10-13(25)11-24)16(26)22(3)18(27)21(15)2/h4-8,13,24-25H,9-11H2,1-3H3/t13-/m0/s1. The molecule has 2 N–H and O–H groups in total. The lowest BCUT2D eigenvalue weighted by molar-refractivity contribution is 0.0823. The minimum Gasteiger partial charge on any atom is -0.394 e. The number of aliphatic hydroxyl groups is 2. The molecule has 0 saturated carbocycles. The molecule has 0 radical (unpaired) electrons. The second-order valence-electron chi connectivity index (χ2n) is 6.58. The fraction of sp³-hybridized carbons (Fsp3) is 0.389. The van der Waals surface area contributed by atoms with Gasteiger partial charge in [0.2, 0.25) is 5.95 Å². The fourth-order valence-corrected chi connectivity index (χ4v) is 3.10. The van der Waals surface area contributed by atoms with Crippen LogP contribution in [0.15, 0.2) is 39.9 Å². The van der Waals surface area contributed by atoms with Crippen LogP contribution in [-0.2, 0) is 27.2 Å². The monoisotopic (exact) mass is 373 g/mol. The van der Waals surface area contributed by atoms with E-state index in [1.807, 2.05) is 42.3 Å². The summed E-state index contributed by atoms with van der Waals surface area (Å²) in [4.78, 5) is 31.3. The number of rotatable bonds is 6. The van der Waals surface area contributed by atoms with Gasteiger partial charge in [0.1, 0.15) is 0 Å². The average molecular weight is 373 g/mol. The van der Waals surface area contributed by atoms with E-state index in [4.69, 9.17) is 0 Å². The molecule has 9 heteroatoms. The number of aromatic nitrogens is 4. The Hall–Kier alpha value is -2.91. The number of aryl methyl sites for hydroxylation is 1. The fourth-order valence-electron chi connectivity index (χ4n) is 3.10. The molecule has 0 fully saturated rings. The summed E-state index contributed by atoms with van der Waals surface area (Å²) in [6, 6.07) is 9.74. The van der Waals surface area contributed by atoms with Crippen molar-refractivity contribution < 1.29 is 10.2 Å². The number of fused-ring (bicyclic) bond motifs is 1. The van der Waals surface area contributed by atoms with Crippen molar-refractivity contribution in [2.75, 3.05) is 18.6 Å². The summed E-state index contributed by atoms with van der Waals surface area (Å²) in [5.41, 5.74) is 0.524. The normalized spacial score (nSPS) is 12.5. The number of nitrogens with zero attached hydrogens (tertiary/aromatic N) is 5. The number of hydrogen-bond acceptors (Lipinski definition) is 6. The SMILES string of the molecule is CN(Cc1ccccc1)c1nc2c(c(=O)n(C)c(=O)n2C)n1C[C@H](O)CO. The van der Waals surface area contributed by atoms with Crippen LogP contribution < -0.4 is 16.1 Å². The van der Waals surface area contributed by atoms with Crippen LogP contribution >= 0.6 is 0 Å². The van der Waals surface area contributed by atoms with Gasteiger partial charge >= 0.3 is 5.69 Å². The summed E-state index contributed by atoms with van der Waals surface area (Å²) in [6.07, 6.45) is -1.06. The first kappa shape index (κ1) is 18.9. The Labute approximate surface area is 155 Å². The molecule has 0 spiro atoms. The van der Waals surface area contributed by atoms with E-state index in [0.717, 1.165) is 10.1 Å². The van der Waals surface area contributed by atoms with Gasteiger partial charge in [-0.05, 0) is 5.56 Å². The molecule has 1 aromatic carbocycles. The van der Waals surface area contributed by atoms with Crippen molar-refractivity contribution in [3.63, 3.8) is 0 Å². The van der Waals surface area contributed by atoms with Gasteiger partial charge in [-0.3, -0.25) is 13.9 Å². The van der Waals surface area contributed by atoms with Gasteiger partial charge in [0.25, 0.3) is 5.56 Å². The molecule has 0 aliphatic carbocycles. The zero-order chi connectivity index (χ0) is 19.7. The number of aliphatic hydroxyl groups excluding tert-OH is 2. The van der Waals surface area contributed by atoms with Crippen LogP contribution in [-0.4, -0.2) is 48.7 Å². The predicted octanol–water partition coefficient (Wildman–Crippen LogP) is -0.577. The van der Waals surface area contributed by atoms with Crippen molar-refractivity contribution in [2.24, 2.45) is 14.1 Å². The molecule has 0 amide bonds. The summed E-state index contributed by atoms with van der Waals surface area (Å²) < 4.78 is 3.87. The first-order valence-electron chi connectivity index (χ1n) is 8.55. The minimum atomic E-state index is -1.06. The lowest BCUT2D eigenvalue weighted by Crippen LogP contribution is -2.38. The molecule has 1 atom stereocenters. The Kier molecular flexibility index (Phi) is 5.15. The molecule has 2 aromatic heterocycles. The van der Waals surface area contributed by atoms with Gasteiger partial charge in [-0.2, -0.15) is 4.98 Å². The van der Waals surface area contributed by atoms with Gasteiger partial charge in [0.05, 0.1) is 19.3 Å². The molecule has 0 aliphatic rings. The second kappa shape index (κ2) is 7.37. The second-order valence-corrected chi connectivity index (χ2v) is 6.58. The maximum Gasteiger partial charge on any atom is 0.332 e. The van der Waals surface area contributed by atoms with Gasteiger partial charge in [0.15, 0.2) is 11.2 Å². The van der Waals surface area contributed by atoms with Crippen molar-refractivity contribution in [3.05, 3.63) is 56.7 Å². The Balaban J connectivity index is 2.20. The van der Waals surface area contributed by atoms with Crippen LogP contribution in [0.2, 0.25) is 0 Å². The van der Waals surface area contributed by atoms with Crippen molar-refractivity contribution in [1.82, 2.24) is 18.7 Å². The molecule has 0 bridgehead atoms. The van der Waals surface area contributed by atoms with Crippen molar-refractivity contribution in [1.29, 1.82) is 0 Å². The van der Waals surface area contributed by atoms with Gasteiger partial charge < -0.3 is 19.7 Å². The molecule has 0 unspecified atom stereocenters. The molecule has 0 saturated heterocycles. The van der Waals surface area contributed by atoms with Gasteiger partial charge in [0, 0.05) is 27.7 Å². The summed E-state index contributed by atoms with van der Waals surface area (Å²) >= 11 is 0. The van der Waals surface area contributed by atoms with E-state index in [0.29, 0.717) is 12.5 Å². The third-order valence-corrected chi connectivity index (χ3v) is 4.54. The highest BCUT2D eigenvalue weighted by Crippen LogP contribution is 2.21. The summed E-state index contributed by atoms with van der Waals surface area (Å²) in [6.45, 7) is 0.0517. The molecular weight excluding hydrogens is 350 g/mol. The number of benzene rings is 1. The topological polar surface area (TPSA) is 106 Å². The molecule has 144 valence electrons. The Morgan fingerprint density at radius 3 is 2.44 bits per heavy atom. The summed E-state index contributed by atoms with van der Waals surface area (Å²) in [5, 5.41) is 19.2. The van der Waals surface area contributed by atoms with E-state index >= 15 is 0 Å². The zero-order valence-electron chi connectivity index (χ0n) is 15.5. The van der Waals surface area contributed by atoms with Crippen LogP contribution in [0.4, 0.5) is 5.95 Å². The van der Waals surface area contributed by atoms with Gasteiger partial charge in [-0.15, -0.1) is 0 Å². The van der Waals surface area contributed by atoms with Crippen LogP contribution in [0.5, 0.6) is 0 Å². The molecule has 27 heavy (non-hydrogen) atoms. The first-order chi connectivity index (χ1) is 12.8. The number of imidazole rings is 1. The largest absolute Gasteiger partial charge is 0.394 e. The molecule has 0 aliphatic heterocycles. The van der Waals surface area contributed by atoms with Gasteiger partial charge in [-0.25, -0.2) is 4.79 Å². The van der Waals surface area contributed by atoms with Crippen LogP contribution in [0.1, 0.15) is 5.56 Å². The third-order valence-electron chi connectivity index (χ3n) is 4.54. The van der Waals surface area contributed by atoms with Crippen LogP contribution in [0, 0.1) is 0 Å². The van der Waals surface area contributed by atoms with Gasteiger partial charge in [-0.1, -0.05) is 30.3 Å². The van der Waals surface area contributed by atoms with E-state index in [1.165, 1.54) is 11.6 Å². The van der Waals surface area contributed by atoms with Crippen LogP contribution in [0.3, 0.4) is 0 Å². The highest BCUT2D eigenvalue weighted by Gasteiger charge is 2.22. The number of hydrogen-bond donors (Lipinski definition) is 2. The smallest absolute Gasteiger partial charge is 0.332 e. The third kappa shape index (κ3) is 3.38. The molecule has 3 rings (SSSR count). The van der Waals surface area contributed by atoms with E-state index in [2.05, 4.69) is 4.98 Å². The predicted molar refractivity (Wildman–Crippen MR) is 102 cm³/mol. The summed E-state index contributed by atoms with van der Waals surface area (Å²) in [7, 11) is 4.76. The Bertz CT molecular complexity index is 1070. The maximum atomic E-state index is 12.7. The van der Waals surface area contributed by atoms with Crippen molar-refractivity contribution in [3.8, 4) is 0 Å². The minimum absolute atomic E-state index is 0.0189. The van der Waals surface area contributed by atoms with E-state index in [-0.39, 0.29) is 17.7 Å². The van der Waals surface area contributed by atoms with Crippen molar-refractivity contribution >= 4 is 17.1 Å². The molecular formula is C18H23N5O4. The van der Waals surface area contributed by atoms with E-state index < -0.39 is 24.0 Å². The lowest BCUT2D eigenvalue weighted by atomic mass is 10.2. The molecule has 3 aromatic rings. The summed E-state index contributed by atoms with van der Waals surface area (Å²) in [5.74, 6) is 0.430. The maximum absolute atomic E-state index is 12.7. The zero-order valence-corrected chi connectivity index (χ0v) is 15.5. The van der Waals surface area contributed by atoms with E-state index in [9.17, 15) is 19.8 Å². The molecule has 2 heterocycles. The Morgan fingerprint density at radius 2 is 1.81 bits per heavy atom.